The monoisotopic (exact) mass is 460 g/mol. The van der Waals surface area contributed by atoms with Crippen LogP contribution in [0.1, 0.15) is 27.4 Å². The number of carbonyl (C=O) groups excluding carboxylic acids is 1. The van der Waals surface area contributed by atoms with Gasteiger partial charge in [0.25, 0.3) is 5.56 Å². The number of hydrogen-bond donors (Lipinski definition) is 0. The Morgan fingerprint density at radius 1 is 1.09 bits per heavy atom. The maximum Gasteiger partial charge on any atom is 0.262 e. The van der Waals surface area contributed by atoms with Crippen LogP contribution < -0.4 is 5.56 Å². The minimum atomic E-state index is -0.203. The summed E-state index contributed by atoms with van der Waals surface area (Å²) >= 11 is 3.02. The molecular formula is C24H20N4O2S2. The quantitative estimate of drug-likeness (QED) is 0.339. The minimum absolute atomic E-state index is 0.0561. The van der Waals surface area contributed by atoms with Gasteiger partial charge in [-0.05, 0) is 38.5 Å². The van der Waals surface area contributed by atoms with E-state index in [1.54, 1.807) is 11.3 Å². The van der Waals surface area contributed by atoms with E-state index in [0.717, 1.165) is 32.7 Å². The summed E-state index contributed by atoms with van der Waals surface area (Å²) in [5.41, 5.74) is 4.14. The minimum Gasteiger partial charge on any atom is -0.294 e. The molecule has 4 heterocycles. The lowest BCUT2D eigenvalue weighted by Crippen LogP contribution is -2.24. The van der Waals surface area contributed by atoms with Crippen LogP contribution >= 0.6 is 22.7 Å². The lowest BCUT2D eigenvalue weighted by molar-refractivity contribution is 0.0970. The van der Waals surface area contributed by atoms with Crippen molar-refractivity contribution in [2.45, 2.75) is 27.3 Å². The van der Waals surface area contributed by atoms with Crippen LogP contribution in [0.4, 0.5) is 0 Å². The molecule has 0 aliphatic carbocycles. The summed E-state index contributed by atoms with van der Waals surface area (Å²) < 4.78 is 3.38. The van der Waals surface area contributed by atoms with Crippen molar-refractivity contribution in [2.24, 2.45) is 0 Å². The highest BCUT2D eigenvalue weighted by molar-refractivity contribution is 7.21. The third-order valence-corrected chi connectivity index (χ3v) is 7.46. The maximum absolute atomic E-state index is 13.1. The summed E-state index contributed by atoms with van der Waals surface area (Å²) in [5.74, 6) is -0.126. The van der Waals surface area contributed by atoms with Crippen molar-refractivity contribution >= 4 is 38.7 Å². The maximum atomic E-state index is 13.1. The molecule has 0 aliphatic heterocycles. The molecule has 0 atom stereocenters. The van der Waals surface area contributed by atoms with Gasteiger partial charge in [0.1, 0.15) is 4.83 Å². The van der Waals surface area contributed by atoms with Gasteiger partial charge in [-0.3, -0.25) is 18.7 Å². The molecule has 6 nitrogen and oxygen atoms in total. The molecule has 4 aromatic heterocycles. The lowest BCUT2D eigenvalue weighted by Gasteiger charge is -2.07. The van der Waals surface area contributed by atoms with Gasteiger partial charge in [-0.1, -0.05) is 30.3 Å². The van der Waals surface area contributed by atoms with Crippen molar-refractivity contribution in [3.8, 4) is 15.6 Å². The summed E-state index contributed by atoms with van der Waals surface area (Å²) in [6, 6.07) is 13.6. The van der Waals surface area contributed by atoms with E-state index in [2.05, 4.69) is 9.97 Å². The van der Waals surface area contributed by atoms with E-state index in [1.165, 1.54) is 22.2 Å². The number of rotatable bonds is 5. The molecule has 1 aromatic carbocycles. The number of Topliss-reactive ketones (excluding diaryl/α,β-unsaturated/α-hetero) is 1. The first-order chi connectivity index (χ1) is 15.4. The molecule has 0 unspecified atom stereocenters. The van der Waals surface area contributed by atoms with E-state index in [0.29, 0.717) is 15.8 Å². The average Bonchev–Trinajstić information content (AvgIpc) is 3.48. The Bertz CT molecular complexity index is 1520. The smallest absolute Gasteiger partial charge is 0.262 e. The zero-order valence-corrected chi connectivity index (χ0v) is 19.5. The molecule has 0 bridgehead atoms. The number of nitrogens with zero attached hydrogens (tertiary/aromatic N) is 4. The number of thiophene rings is 1. The van der Waals surface area contributed by atoms with Crippen LogP contribution in [0.2, 0.25) is 0 Å². The van der Waals surface area contributed by atoms with Crippen LogP contribution in [0.25, 0.3) is 25.8 Å². The number of hydrogen-bond acceptors (Lipinski definition) is 6. The van der Waals surface area contributed by atoms with Gasteiger partial charge in [-0.15, -0.1) is 22.7 Å². The topological polar surface area (TPSA) is 69.8 Å². The molecule has 160 valence electrons. The van der Waals surface area contributed by atoms with E-state index in [1.807, 2.05) is 73.2 Å². The zero-order chi connectivity index (χ0) is 22.4. The van der Waals surface area contributed by atoms with Gasteiger partial charge in [-0.2, -0.15) is 0 Å². The van der Waals surface area contributed by atoms with Gasteiger partial charge >= 0.3 is 0 Å². The molecule has 32 heavy (non-hydrogen) atoms. The van der Waals surface area contributed by atoms with Gasteiger partial charge < -0.3 is 0 Å². The van der Waals surface area contributed by atoms with Gasteiger partial charge in [0.2, 0.25) is 0 Å². The summed E-state index contributed by atoms with van der Waals surface area (Å²) in [7, 11) is 0. The second-order valence-electron chi connectivity index (χ2n) is 7.69. The van der Waals surface area contributed by atoms with Crippen LogP contribution in [-0.4, -0.2) is 24.9 Å². The Morgan fingerprint density at radius 3 is 2.59 bits per heavy atom. The Kier molecular flexibility index (Phi) is 5.11. The molecule has 0 amide bonds. The summed E-state index contributed by atoms with van der Waals surface area (Å²) in [4.78, 5) is 36.9. The largest absolute Gasteiger partial charge is 0.294 e. The Labute approximate surface area is 192 Å². The summed E-state index contributed by atoms with van der Waals surface area (Å²) in [6.07, 6.45) is 1.47. The number of aryl methyl sites for hydroxylation is 2. The molecule has 5 rings (SSSR count). The highest BCUT2D eigenvalue weighted by Crippen LogP contribution is 2.30. The van der Waals surface area contributed by atoms with E-state index < -0.39 is 0 Å². The molecule has 8 heteroatoms. The van der Waals surface area contributed by atoms with E-state index in [4.69, 9.17) is 0 Å². The van der Waals surface area contributed by atoms with Crippen LogP contribution in [-0.2, 0) is 6.54 Å². The molecule has 5 aromatic rings. The summed E-state index contributed by atoms with van der Waals surface area (Å²) in [6.45, 7) is 5.76. The lowest BCUT2D eigenvalue weighted by atomic mass is 10.1. The normalized spacial score (nSPS) is 11.3. The van der Waals surface area contributed by atoms with E-state index >= 15 is 0 Å². The van der Waals surface area contributed by atoms with Gasteiger partial charge in [0, 0.05) is 27.2 Å². The highest BCUT2D eigenvalue weighted by Gasteiger charge is 2.19. The number of fused-ring (bicyclic) bond motifs is 1. The molecule has 0 N–H and O–H groups in total. The van der Waals surface area contributed by atoms with Crippen molar-refractivity contribution in [3.05, 3.63) is 87.2 Å². The van der Waals surface area contributed by atoms with Crippen molar-refractivity contribution in [3.63, 3.8) is 0 Å². The standard InChI is InChI=1S/C24H20N4O2S2/c1-14-12-31-24(26-14)28-15(2)9-18(16(28)3)20(29)11-27-13-25-22-19(23(27)30)10-21(32-22)17-7-5-4-6-8-17/h4-10,12-13H,11H2,1-3H3. The molecule has 0 spiro atoms. The molecule has 0 saturated carbocycles. The fraction of sp³-hybridized carbons (Fsp3) is 0.167. The molecule has 0 saturated heterocycles. The Hall–Kier alpha value is -3.36. The first-order valence-electron chi connectivity index (χ1n) is 10.1. The van der Waals surface area contributed by atoms with Crippen molar-refractivity contribution < 1.29 is 4.79 Å². The molecule has 0 radical (unpaired) electrons. The number of benzene rings is 1. The predicted molar refractivity (Wildman–Crippen MR) is 129 cm³/mol. The second-order valence-corrected chi connectivity index (χ2v) is 9.56. The van der Waals surface area contributed by atoms with Crippen LogP contribution in [0.3, 0.4) is 0 Å². The predicted octanol–water partition coefficient (Wildman–Crippen LogP) is 5.18. The van der Waals surface area contributed by atoms with Gasteiger partial charge in [-0.25, -0.2) is 9.97 Å². The van der Waals surface area contributed by atoms with Crippen LogP contribution in [0, 0.1) is 20.8 Å². The molecule has 0 aliphatic rings. The fourth-order valence-electron chi connectivity index (χ4n) is 3.84. The molecule has 0 fully saturated rings. The number of carbonyl (C=O) groups is 1. The third kappa shape index (κ3) is 3.51. The average molecular weight is 461 g/mol. The zero-order valence-electron chi connectivity index (χ0n) is 17.8. The Morgan fingerprint density at radius 2 is 1.88 bits per heavy atom. The van der Waals surface area contributed by atoms with Gasteiger partial charge in [0.15, 0.2) is 10.9 Å². The van der Waals surface area contributed by atoms with Crippen molar-refractivity contribution in [1.82, 2.24) is 19.1 Å². The van der Waals surface area contributed by atoms with E-state index in [-0.39, 0.29) is 17.9 Å². The highest BCUT2D eigenvalue weighted by atomic mass is 32.1. The number of thiazole rings is 1. The first-order valence-corrected chi connectivity index (χ1v) is 11.8. The number of ketones is 1. The van der Waals surface area contributed by atoms with Gasteiger partial charge in [0.05, 0.1) is 24.0 Å². The fourth-order valence-corrected chi connectivity index (χ4v) is 5.75. The SMILES string of the molecule is Cc1csc(-n2c(C)cc(C(=O)Cn3cnc4sc(-c5ccccc5)cc4c3=O)c2C)n1. The van der Waals surface area contributed by atoms with Crippen LogP contribution in [0.5, 0.6) is 0 Å². The first kappa shape index (κ1) is 20.5. The second kappa shape index (κ2) is 7.96. The van der Waals surface area contributed by atoms with Crippen molar-refractivity contribution in [1.29, 1.82) is 0 Å². The van der Waals surface area contributed by atoms with E-state index in [9.17, 15) is 9.59 Å². The third-order valence-electron chi connectivity index (χ3n) is 5.42. The van der Waals surface area contributed by atoms with Crippen molar-refractivity contribution in [2.75, 3.05) is 0 Å². The van der Waals surface area contributed by atoms with Crippen LogP contribution in [0.15, 0.2) is 59.0 Å². The summed E-state index contributed by atoms with van der Waals surface area (Å²) in [5, 5.41) is 3.36. The number of aromatic nitrogens is 4. The molecular weight excluding hydrogens is 440 g/mol. The Balaban J connectivity index is 1.48.